The minimum Gasteiger partial charge on any atom is -0.494 e. The molecule has 0 N–H and O–H groups in total. The number of hydrogen-bond acceptors (Lipinski definition) is 4. The van der Waals surface area contributed by atoms with Crippen molar-refractivity contribution >= 4 is 11.4 Å². The van der Waals surface area contributed by atoms with E-state index in [0.717, 1.165) is 37.5 Å². The van der Waals surface area contributed by atoms with E-state index in [4.69, 9.17) is 4.74 Å². The summed E-state index contributed by atoms with van der Waals surface area (Å²) in [6, 6.07) is 4.82. The van der Waals surface area contributed by atoms with Gasteiger partial charge < -0.3 is 9.64 Å². The Labute approximate surface area is 107 Å². The van der Waals surface area contributed by atoms with Gasteiger partial charge in [0.25, 0.3) is 5.69 Å². The van der Waals surface area contributed by atoms with Crippen molar-refractivity contribution in [1.29, 1.82) is 0 Å². The molecule has 1 aliphatic rings. The summed E-state index contributed by atoms with van der Waals surface area (Å²) in [6.45, 7) is 4.22. The molecule has 1 aromatic rings. The molecule has 1 aromatic carbocycles. The van der Waals surface area contributed by atoms with Gasteiger partial charge in [0.2, 0.25) is 0 Å². The summed E-state index contributed by atoms with van der Waals surface area (Å²) >= 11 is 0. The van der Waals surface area contributed by atoms with Gasteiger partial charge in [0, 0.05) is 19.2 Å². The van der Waals surface area contributed by atoms with Gasteiger partial charge in [0.1, 0.15) is 5.75 Å². The number of non-ortho nitro benzene ring substituents is 1. The van der Waals surface area contributed by atoms with Crippen molar-refractivity contribution in [3.8, 4) is 5.75 Å². The van der Waals surface area contributed by atoms with Gasteiger partial charge in [-0.05, 0) is 24.8 Å². The molecule has 1 aliphatic heterocycles. The molecule has 5 heteroatoms. The third kappa shape index (κ3) is 2.55. The first-order chi connectivity index (χ1) is 8.61. The van der Waals surface area contributed by atoms with Crippen molar-refractivity contribution in [1.82, 2.24) is 0 Å². The molecule has 1 fully saturated rings. The molecule has 0 radical (unpaired) electrons. The van der Waals surface area contributed by atoms with E-state index >= 15 is 0 Å². The van der Waals surface area contributed by atoms with E-state index in [1.54, 1.807) is 13.2 Å². The Kier molecular flexibility index (Phi) is 3.69. The van der Waals surface area contributed by atoms with Crippen molar-refractivity contribution in [2.75, 3.05) is 25.1 Å². The summed E-state index contributed by atoms with van der Waals surface area (Å²) in [4.78, 5) is 12.6. The Hall–Kier alpha value is -1.78. The average Bonchev–Trinajstić information content (AvgIpc) is 2.39. The molecule has 1 heterocycles. The van der Waals surface area contributed by atoms with Gasteiger partial charge in [-0.2, -0.15) is 0 Å². The molecule has 0 amide bonds. The molecule has 98 valence electrons. The first-order valence-corrected chi connectivity index (χ1v) is 6.19. The van der Waals surface area contributed by atoms with Crippen LogP contribution in [0.1, 0.15) is 19.8 Å². The molecule has 2 rings (SSSR count). The van der Waals surface area contributed by atoms with E-state index < -0.39 is 4.92 Å². The minimum atomic E-state index is -0.398. The predicted molar refractivity (Wildman–Crippen MR) is 70.3 cm³/mol. The first kappa shape index (κ1) is 12.7. The second-order valence-electron chi connectivity index (χ2n) is 4.78. The third-order valence-corrected chi connectivity index (χ3v) is 3.50. The van der Waals surface area contributed by atoms with Crippen LogP contribution in [0.2, 0.25) is 0 Å². The topological polar surface area (TPSA) is 55.6 Å². The standard InChI is InChI=1S/C13H18N2O3/c1-10-5-7-14(8-6-10)12-4-3-11(15(16)17)9-13(12)18-2/h3-4,9-10H,5-8H2,1-2H3. The van der Waals surface area contributed by atoms with Gasteiger partial charge in [-0.15, -0.1) is 0 Å². The van der Waals surface area contributed by atoms with Gasteiger partial charge in [-0.3, -0.25) is 10.1 Å². The number of benzene rings is 1. The normalized spacial score (nSPS) is 16.7. The lowest BCUT2D eigenvalue weighted by molar-refractivity contribution is -0.384. The second kappa shape index (κ2) is 5.25. The average molecular weight is 250 g/mol. The maximum Gasteiger partial charge on any atom is 0.273 e. The van der Waals surface area contributed by atoms with Crippen molar-refractivity contribution < 1.29 is 9.66 Å². The number of nitro benzene ring substituents is 1. The number of nitro groups is 1. The Morgan fingerprint density at radius 1 is 1.39 bits per heavy atom. The summed E-state index contributed by atoms with van der Waals surface area (Å²) in [5.74, 6) is 1.34. The largest absolute Gasteiger partial charge is 0.494 e. The van der Waals surface area contributed by atoms with Crippen LogP contribution in [0.3, 0.4) is 0 Å². The molecule has 0 spiro atoms. The number of anilines is 1. The van der Waals surface area contributed by atoms with E-state index in [2.05, 4.69) is 11.8 Å². The molecular weight excluding hydrogens is 232 g/mol. The Balaban J connectivity index is 2.24. The fraction of sp³-hybridized carbons (Fsp3) is 0.538. The van der Waals surface area contributed by atoms with Crippen molar-refractivity contribution in [3.63, 3.8) is 0 Å². The molecule has 0 unspecified atom stereocenters. The first-order valence-electron chi connectivity index (χ1n) is 6.19. The summed E-state index contributed by atoms with van der Waals surface area (Å²) < 4.78 is 5.27. The van der Waals surface area contributed by atoms with Crippen molar-refractivity contribution in [2.45, 2.75) is 19.8 Å². The molecule has 18 heavy (non-hydrogen) atoms. The summed E-state index contributed by atoms with van der Waals surface area (Å²) in [7, 11) is 1.55. The van der Waals surface area contributed by atoms with E-state index in [0.29, 0.717) is 5.75 Å². The summed E-state index contributed by atoms with van der Waals surface area (Å²) in [6.07, 6.45) is 2.31. The lowest BCUT2D eigenvalue weighted by Gasteiger charge is -2.32. The lowest BCUT2D eigenvalue weighted by atomic mass is 9.98. The van der Waals surface area contributed by atoms with Crippen LogP contribution in [0.25, 0.3) is 0 Å². The van der Waals surface area contributed by atoms with E-state index in [9.17, 15) is 10.1 Å². The zero-order valence-corrected chi connectivity index (χ0v) is 10.8. The highest BCUT2D eigenvalue weighted by atomic mass is 16.6. The summed E-state index contributed by atoms with van der Waals surface area (Å²) in [5, 5.41) is 10.7. The fourth-order valence-electron chi connectivity index (χ4n) is 2.29. The molecule has 1 saturated heterocycles. The van der Waals surface area contributed by atoms with E-state index in [1.165, 1.54) is 12.1 Å². The Morgan fingerprint density at radius 3 is 2.61 bits per heavy atom. The maximum absolute atomic E-state index is 10.7. The number of hydrogen-bond donors (Lipinski definition) is 0. The van der Waals surface area contributed by atoms with Crippen LogP contribution in [0.15, 0.2) is 18.2 Å². The minimum absolute atomic E-state index is 0.0703. The SMILES string of the molecule is COc1cc([N+](=O)[O-])ccc1N1CCC(C)CC1. The Bertz CT molecular complexity index is 440. The van der Waals surface area contributed by atoms with E-state index in [-0.39, 0.29) is 5.69 Å². The van der Waals surface area contributed by atoms with Crippen LogP contribution < -0.4 is 9.64 Å². The highest BCUT2D eigenvalue weighted by Crippen LogP contribution is 2.34. The molecular formula is C13H18N2O3. The molecule has 0 atom stereocenters. The molecule has 5 nitrogen and oxygen atoms in total. The third-order valence-electron chi connectivity index (χ3n) is 3.50. The quantitative estimate of drug-likeness (QED) is 0.611. The summed E-state index contributed by atoms with van der Waals surface area (Å²) in [5.41, 5.74) is 1.02. The second-order valence-corrected chi connectivity index (χ2v) is 4.78. The van der Waals surface area contributed by atoms with E-state index in [1.807, 2.05) is 0 Å². The number of nitrogens with zero attached hydrogens (tertiary/aromatic N) is 2. The van der Waals surface area contributed by atoms with Gasteiger partial charge in [-0.1, -0.05) is 6.92 Å². The number of ether oxygens (including phenoxy) is 1. The van der Waals surface area contributed by atoms with Crippen LogP contribution in [0.5, 0.6) is 5.75 Å². The van der Waals surface area contributed by atoms with Gasteiger partial charge in [0.05, 0.1) is 23.8 Å². The number of rotatable bonds is 3. The van der Waals surface area contributed by atoms with Crippen LogP contribution in [0, 0.1) is 16.0 Å². The smallest absolute Gasteiger partial charge is 0.273 e. The van der Waals surface area contributed by atoms with Crippen LogP contribution >= 0.6 is 0 Å². The number of methoxy groups -OCH3 is 1. The highest BCUT2D eigenvalue weighted by molar-refractivity contribution is 5.62. The van der Waals surface area contributed by atoms with Crippen LogP contribution in [-0.2, 0) is 0 Å². The highest BCUT2D eigenvalue weighted by Gasteiger charge is 2.20. The van der Waals surface area contributed by atoms with Gasteiger partial charge in [-0.25, -0.2) is 0 Å². The number of piperidine rings is 1. The molecule has 0 aliphatic carbocycles. The fourth-order valence-corrected chi connectivity index (χ4v) is 2.29. The van der Waals surface area contributed by atoms with Gasteiger partial charge in [0.15, 0.2) is 0 Å². The molecule has 0 saturated carbocycles. The van der Waals surface area contributed by atoms with Crippen LogP contribution in [-0.4, -0.2) is 25.1 Å². The monoisotopic (exact) mass is 250 g/mol. The Morgan fingerprint density at radius 2 is 2.06 bits per heavy atom. The predicted octanol–water partition coefficient (Wildman–Crippen LogP) is 2.84. The lowest BCUT2D eigenvalue weighted by Crippen LogP contribution is -2.32. The maximum atomic E-state index is 10.7. The zero-order valence-electron chi connectivity index (χ0n) is 10.8. The zero-order chi connectivity index (χ0) is 13.1. The van der Waals surface area contributed by atoms with Gasteiger partial charge >= 0.3 is 0 Å². The van der Waals surface area contributed by atoms with Crippen molar-refractivity contribution in [3.05, 3.63) is 28.3 Å². The van der Waals surface area contributed by atoms with Crippen LogP contribution in [0.4, 0.5) is 11.4 Å². The molecule has 0 bridgehead atoms. The molecule has 0 aromatic heterocycles. The van der Waals surface area contributed by atoms with Crippen molar-refractivity contribution in [2.24, 2.45) is 5.92 Å².